The number of rotatable bonds is 1. The molecule has 0 aliphatic heterocycles. The van der Waals surface area contributed by atoms with Gasteiger partial charge in [0.1, 0.15) is 10.4 Å². The predicted octanol–water partition coefficient (Wildman–Crippen LogP) is 5.68. The molecule has 2 aromatic heterocycles. The summed E-state index contributed by atoms with van der Waals surface area (Å²) in [6.07, 6.45) is 0. The average molecular weight is 402 g/mol. The van der Waals surface area contributed by atoms with Crippen molar-refractivity contribution in [1.82, 2.24) is 9.38 Å². The van der Waals surface area contributed by atoms with E-state index in [9.17, 15) is 0 Å². The number of aromatic nitrogens is 2. The fourth-order valence-corrected chi connectivity index (χ4v) is 3.33. The summed E-state index contributed by atoms with van der Waals surface area (Å²) in [5, 5.41) is 1.20. The Labute approximate surface area is 138 Å². The number of hydrogen-bond donors (Lipinski definition) is 0. The van der Waals surface area contributed by atoms with Gasteiger partial charge < -0.3 is 0 Å². The normalized spacial score (nSPS) is 11.3. The van der Waals surface area contributed by atoms with E-state index in [-0.39, 0.29) is 0 Å². The largest absolute Gasteiger partial charge is 0.291 e. The molecule has 0 amide bonds. The lowest BCUT2D eigenvalue weighted by Gasteiger charge is -2.06. The summed E-state index contributed by atoms with van der Waals surface area (Å²) in [7, 11) is 0. The minimum absolute atomic E-state index is 0.867. The molecule has 0 radical (unpaired) electrons. The summed E-state index contributed by atoms with van der Waals surface area (Å²) in [6.45, 7) is 0. The molecular formula is C17H10Br2N2. The zero-order valence-corrected chi connectivity index (χ0v) is 14.1. The highest BCUT2D eigenvalue weighted by Crippen LogP contribution is 2.30. The predicted molar refractivity (Wildman–Crippen MR) is 93.5 cm³/mol. The van der Waals surface area contributed by atoms with Gasteiger partial charge in [0.2, 0.25) is 0 Å². The van der Waals surface area contributed by atoms with Crippen LogP contribution in [0.3, 0.4) is 0 Å². The average Bonchev–Trinajstić information content (AvgIpc) is 2.86. The van der Waals surface area contributed by atoms with Crippen molar-refractivity contribution in [3.05, 3.63) is 69.7 Å². The number of para-hydroxylation sites is 1. The van der Waals surface area contributed by atoms with E-state index in [1.54, 1.807) is 0 Å². The van der Waals surface area contributed by atoms with Gasteiger partial charge in [0.15, 0.2) is 0 Å². The minimum Gasteiger partial charge on any atom is -0.291 e. The number of pyridine rings is 1. The van der Waals surface area contributed by atoms with Gasteiger partial charge in [-0.05, 0) is 45.6 Å². The Morgan fingerprint density at radius 1 is 0.762 bits per heavy atom. The molecule has 0 aliphatic rings. The minimum atomic E-state index is 0.867. The quantitative estimate of drug-likeness (QED) is 0.401. The molecule has 0 spiro atoms. The van der Waals surface area contributed by atoms with E-state index in [1.807, 2.05) is 12.1 Å². The van der Waals surface area contributed by atoms with E-state index in [2.05, 4.69) is 84.8 Å². The molecule has 4 rings (SSSR count). The smallest absolute Gasteiger partial charge is 0.146 e. The standard InChI is InChI=1S/C17H10Br2N2/c18-13-8-5-12(6-9-13)17-20-16(19)15-10-7-11-3-1-2-4-14(11)21(15)17/h1-10H. The van der Waals surface area contributed by atoms with Gasteiger partial charge in [-0.3, -0.25) is 4.40 Å². The lowest BCUT2D eigenvalue weighted by molar-refractivity contribution is 1.21. The Morgan fingerprint density at radius 3 is 2.33 bits per heavy atom. The Bertz CT molecular complexity index is 956. The highest BCUT2D eigenvalue weighted by atomic mass is 79.9. The van der Waals surface area contributed by atoms with Crippen molar-refractivity contribution in [2.45, 2.75) is 0 Å². The van der Waals surface area contributed by atoms with Crippen LogP contribution in [0.1, 0.15) is 0 Å². The highest BCUT2D eigenvalue weighted by Gasteiger charge is 2.13. The Morgan fingerprint density at radius 2 is 1.52 bits per heavy atom. The molecule has 4 aromatic rings. The summed E-state index contributed by atoms with van der Waals surface area (Å²) in [4.78, 5) is 4.70. The summed E-state index contributed by atoms with van der Waals surface area (Å²) < 4.78 is 4.13. The van der Waals surface area contributed by atoms with Crippen molar-refractivity contribution < 1.29 is 0 Å². The third-order valence-electron chi connectivity index (χ3n) is 3.57. The number of halogens is 2. The van der Waals surface area contributed by atoms with E-state index < -0.39 is 0 Å². The molecule has 0 atom stereocenters. The SMILES string of the molecule is Brc1ccc(-c2nc(Br)c3ccc4ccccc4n23)cc1. The number of fused-ring (bicyclic) bond motifs is 3. The van der Waals surface area contributed by atoms with Gasteiger partial charge in [0.05, 0.1) is 11.0 Å². The number of benzene rings is 2. The second kappa shape index (κ2) is 4.97. The first-order chi connectivity index (χ1) is 10.2. The number of hydrogen-bond acceptors (Lipinski definition) is 1. The Kier molecular flexibility index (Phi) is 3.08. The van der Waals surface area contributed by atoms with Crippen LogP contribution in [0.15, 0.2) is 69.7 Å². The maximum Gasteiger partial charge on any atom is 0.146 e. The fourth-order valence-electron chi connectivity index (χ4n) is 2.59. The summed E-state index contributed by atoms with van der Waals surface area (Å²) in [5.41, 5.74) is 3.33. The van der Waals surface area contributed by atoms with Crippen LogP contribution in [-0.2, 0) is 0 Å². The van der Waals surface area contributed by atoms with Crippen molar-refractivity contribution in [3.63, 3.8) is 0 Å². The van der Waals surface area contributed by atoms with Crippen LogP contribution in [0, 0.1) is 0 Å². The Hall–Kier alpha value is -1.65. The van der Waals surface area contributed by atoms with Gasteiger partial charge in [-0.1, -0.05) is 52.3 Å². The maximum atomic E-state index is 4.70. The number of nitrogens with zero attached hydrogens (tertiary/aromatic N) is 2. The molecule has 0 saturated heterocycles. The molecule has 2 nitrogen and oxygen atoms in total. The van der Waals surface area contributed by atoms with Crippen LogP contribution in [0.5, 0.6) is 0 Å². The molecule has 4 heteroatoms. The van der Waals surface area contributed by atoms with Crippen LogP contribution >= 0.6 is 31.9 Å². The first kappa shape index (κ1) is 13.0. The lowest BCUT2D eigenvalue weighted by Crippen LogP contribution is -1.91. The molecule has 0 N–H and O–H groups in total. The molecule has 2 aromatic carbocycles. The van der Waals surface area contributed by atoms with Crippen LogP contribution < -0.4 is 0 Å². The maximum absolute atomic E-state index is 4.70. The molecule has 0 fully saturated rings. The fraction of sp³-hybridized carbons (Fsp3) is 0. The monoisotopic (exact) mass is 400 g/mol. The van der Waals surface area contributed by atoms with Gasteiger partial charge in [-0.25, -0.2) is 4.98 Å². The molecular weight excluding hydrogens is 392 g/mol. The highest BCUT2D eigenvalue weighted by molar-refractivity contribution is 9.10. The number of imidazole rings is 1. The molecule has 21 heavy (non-hydrogen) atoms. The Balaban J connectivity index is 2.13. The third-order valence-corrected chi connectivity index (χ3v) is 4.68. The van der Waals surface area contributed by atoms with Gasteiger partial charge in [0, 0.05) is 10.0 Å². The van der Waals surface area contributed by atoms with Crippen molar-refractivity contribution in [1.29, 1.82) is 0 Å². The van der Waals surface area contributed by atoms with Crippen LogP contribution in [0.2, 0.25) is 0 Å². The van der Waals surface area contributed by atoms with Crippen molar-refractivity contribution in [3.8, 4) is 11.4 Å². The van der Waals surface area contributed by atoms with Crippen LogP contribution in [0.4, 0.5) is 0 Å². The molecule has 0 saturated carbocycles. The van der Waals surface area contributed by atoms with Crippen molar-refractivity contribution in [2.75, 3.05) is 0 Å². The van der Waals surface area contributed by atoms with Crippen LogP contribution in [0.25, 0.3) is 27.8 Å². The second-order valence-corrected chi connectivity index (χ2v) is 6.51. The second-order valence-electron chi connectivity index (χ2n) is 4.85. The zero-order valence-electron chi connectivity index (χ0n) is 10.9. The van der Waals surface area contributed by atoms with Crippen LogP contribution in [-0.4, -0.2) is 9.38 Å². The summed E-state index contributed by atoms with van der Waals surface area (Å²) >= 11 is 7.05. The molecule has 102 valence electrons. The van der Waals surface area contributed by atoms with E-state index in [0.29, 0.717) is 0 Å². The molecule has 0 bridgehead atoms. The molecule has 0 unspecified atom stereocenters. The topological polar surface area (TPSA) is 17.3 Å². The van der Waals surface area contributed by atoms with Crippen molar-refractivity contribution >= 4 is 48.3 Å². The van der Waals surface area contributed by atoms with E-state index in [4.69, 9.17) is 4.98 Å². The zero-order chi connectivity index (χ0) is 14.4. The summed E-state index contributed by atoms with van der Waals surface area (Å²) in [5.74, 6) is 0.946. The molecule has 0 aliphatic carbocycles. The van der Waals surface area contributed by atoms with E-state index in [0.717, 1.165) is 31.5 Å². The van der Waals surface area contributed by atoms with E-state index >= 15 is 0 Å². The first-order valence-corrected chi connectivity index (χ1v) is 8.14. The van der Waals surface area contributed by atoms with Gasteiger partial charge >= 0.3 is 0 Å². The van der Waals surface area contributed by atoms with Gasteiger partial charge in [0.25, 0.3) is 0 Å². The molecule has 2 heterocycles. The summed E-state index contributed by atoms with van der Waals surface area (Å²) in [6, 6.07) is 20.8. The van der Waals surface area contributed by atoms with Gasteiger partial charge in [-0.15, -0.1) is 0 Å². The van der Waals surface area contributed by atoms with Gasteiger partial charge in [-0.2, -0.15) is 0 Å². The van der Waals surface area contributed by atoms with Crippen molar-refractivity contribution in [2.24, 2.45) is 0 Å². The lowest BCUT2D eigenvalue weighted by atomic mass is 10.2. The first-order valence-electron chi connectivity index (χ1n) is 6.56. The van der Waals surface area contributed by atoms with E-state index in [1.165, 1.54) is 5.39 Å². The third kappa shape index (κ3) is 2.10.